The number of carbonyl (C=O) groups is 1. The molecule has 3 aromatic rings. The maximum absolute atomic E-state index is 12.4. The highest BCUT2D eigenvalue weighted by Crippen LogP contribution is 2.29. The summed E-state index contributed by atoms with van der Waals surface area (Å²) in [5.74, 6) is 1.61. The zero-order chi connectivity index (χ0) is 24.9. The molecule has 36 heavy (non-hydrogen) atoms. The summed E-state index contributed by atoms with van der Waals surface area (Å²) in [6.07, 6.45) is 7.20. The molecule has 184 valence electrons. The molecule has 8 heteroatoms. The van der Waals surface area contributed by atoms with Crippen molar-refractivity contribution in [2.24, 2.45) is 4.99 Å². The van der Waals surface area contributed by atoms with Crippen molar-refractivity contribution >= 4 is 30.2 Å². The standard InChI is InChI=1S/C28H30N6OS/c1-29-18-26(16-21-4-6-23(7-5-21)27-30-11-3-12-31-27)36-20-33-13-10-22-8-9-25(17-24(22)19-33)34-15-14-32(2)28(34)35/h3-9,11-12,17-18H,1,10,13-16,19-20H2,2H3/b26-18-. The van der Waals surface area contributed by atoms with Crippen LogP contribution in [0.3, 0.4) is 0 Å². The predicted octanol–water partition coefficient (Wildman–Crippen LogP) is 4.85. The zero-order valence-electron chi connectivity index (χ0n) is 20.5. The normalized spacial score (nSPS) is 16.4. The van der Waals surface area contributed by atoms with Crippen LogP contribution in [0.5, 0.6) is 0 Å². The van der Waals surface area contributed by atoms with Crippen molar-refractivity contribution in [1.29, 1.82) is 0 Å². The van der Waals surface area contributed by atoms with Gasteiger partial charge in [-0.1, -0.05) is 30.3 Å². The Balaban J connectivity index is 1.20. The van der Waals surface area contributed by atoms with Gasteiger partial charge in [-0.15, -0.1) is 11.8 Å². The van der Waals surface area contributed by atoms with Crippen molar-refractivity contribution in [3.05, 3.63) is 88.7 Å². The van der Waals surface area contributed by atoms with Gasteiger partial charge >= 0.3 is 6.03 Å². The second-order valence-corrected chi connectivity index (χ2v) is 10.2. The van der Waals surface area contributed by atoms with E-state index in [9.17, 15) is 4.79 Å². The number of likely N-dealkylation sites (N-methyl/N-ethyl adjacent to an activating group) is 1. The number of allylic oxidation sites excluding steroid dienone is 1. The third-order valence-electron chi connectivity index (χ3n) is 6.63. The SMILES string of the molecule is C=N/C=C(/Cc1ccc(-c2ncccn2)cc1)SCN1CCc2ccc(N3CCN(C)C3=O)cc2C1. The molecule has 0 N–H and O–H groups in total. The van der Waals surface area contributed by atoms with Crippen LogP contribution in [0.4, 0.5) is 10.5 Å². The number of amides is 2. The van der Waals surface area contributed by atoms with Gasteiger partial charge in [0, 0.05) is 80.3 Å². The monoisotopic (exact) mass is 498 g/mol. The van der Waals surface area contributed by atoms with E-state index in [2.05, 4.69) is 69.0 Å². The average molecular weight is 499 g/mol. The van der Waals surface area contributed by atoms with Crippen LogP contribution in [-0.2, 0) is 19.4 Å². The number of urea groups is 1. The van der Waals surface area contributed by atoms with Gasteiger partial charge in [-0.25, -0.2) is 14.8 Å². The topological polar surface area (TPSA) is 64.9 Å². The first-order valence-corrected chi connectivity index (χ1v) is 13.1. The lowest BCUT2D eigenvalue weighted by Crippen LogP contribution is -2.32. The fourth-order valence-corrected chi connectivity index (χ4v) is 5.58. The third kappa shape index (κ3) is 5.50. The Bertz CT molecular complexity index is 1260. The van der Waals surface area contributed by atoms with Crippen LogP contribution >= 0.6 is 11.8 Å². The van der Waals surface area contributed by atoms with E-state index in [-0.39, 0.29) is 6.03 Å². The van der Waals surface area contributed by atoms with E-state index in [1.807, 2.05) is 36.0 Å². The van der Waals surface area contributed by atoms with Gasteiger partial charge in [-0.05, 0) is 48.0 Å². The van der Waals surface area contributed by atoms with Crippen LogP contribution in [0.2, 0.25) is 0 Å². The molecular weight excluding hydrogens is 468 g/mol. The number of fused-ring (bicyclic) bond motifs is 1. The van der Waals surface area contributed by atoms with E-state index in [0.29, 0.717) is 0 Å². The van der Waals surface area contributed by atoms with Crippen molar-refractivity contribution in [1.82, 2.24) is 19.8 Å². The summed E-state index contributed by atoms with van der Waals surface area (Å²) in [5, 5.41) is 0. The highest BCUT2D eigenvalue weighted by Gasteiger charge is 2.27. The van der Waals surface area contributed by atoms with Crippen molar-refractivity contribution in [3.8, 4) is 11.4 Å². The first-order chi connectivity index (χ1) is 17.6. The number of benzene rings is 2. The predicted molar refractivity (Wildman–Crippen MR) is 147 cm³/mol. The number of anilines is 1. The van der Waals surface area contributed by atoms with E-state index in [4.69, 9.17) is 0 Å². The molecule has 3 heterocycles. The summed E-state index contributed by atoms with van der Waals surface area (Å²) in [6.45, 7) is 7.09. The minimum atomic E-state index is 0.0780. The van der Waals surface area contributed by atoms with Crippen LogP contribution in [0, 0.1) is 0 Å². The Kier molecular flexibility index (Phi) is 7.44. The van der Waals surface area contributed by atoms with Crippen molar-refractivity contribution in [3.63, 3.8) is 0 Å². The van der Waals surface area contributed by atoms with E-state index in [1.54, 1.807) is 17.3 Å². The maximum atomic E-state index is 12.4. The van der Waals surface area contributed by atoms with Gasteiger partial charge in [0.05, 0.1) is 0 Å². The number of aliphatic imine (C=N–C) groups is 1. The second kappa shape index (κ2) is 11.1. The molecular formula is C28H30N6OS. The third-order valence-corrected chi connectivity index (χ3v) is 7.75. The van der Waals surface area contributed by atoms with Crippen LogP contribution in [0.25, 0.3) is 11.4 Å². The lowest BCUT2D eigenvalue weighted by atomic mass is 9.99. The summed E-state index contributed by atoms with van der Waals surface area (Å²) < 4.78 is 0. The number of carbonyl (C=O) groups excluding carboxylic acids is 1. The second-order valence-electron chi connectivity index (χ2n) is 9.11. The van der Waals surface area contributed by atoms with Gasteiger partial charge in [0.25, 0.3) is 0 Å². The Hall–Kier alpha value is -3.49. The molecule has 0 aliphatic carbocycles. The molecule has 0 unspecified atom stereocenters. The van der Waals surface area contributed by atoms with Gasteiger partial charge in [0.1, 0.15) is 0 Å². The van der Waals surface area contributed by atoms with Gasteiger partial charge < -0.3 is 4.90 Å². The first-order valence-electron chi connectivity index (χ1n) is 12.1. The molecule has 7 nitrogen and oxygen atoms in total. The summed E-state index contributed by atoms with van der Waals surface area (Å²) >= 11 is 1.81. The molecule has 5 rings (SSSR count). The van der Waals surface area contributed by atoms with Crippen molar-refractivity contribution < 1.29 is 4.79 Å². The lowest BCUT2D eigenvalue weighted by Gasteiger charge is -2.29. The van der Waals surface area contributed by atoms with E-state index < -0.39 is 0 Å². The molecule has 2 amide bonds. The van der Waals surface area contributed by atoms with Crippen molar-refractivity contribution in [2.75, 3.05) is 37.5 Å². The Morgan fingerprint density at radius 3 is 2.61 bits per heavy atom. The molecule has 0 radical (unpaired) electrons. The molecule has 0 atom stereocenters. The Labute approximate surface area is 216 Å². The molecule has 1 fully saturated rings. The van der Waals surface area contributed by atoms with Crippen molar-refractivity contribution in [2.45, 2.75) is 19.4 Å². The molecule has 1 aromatic heterocycles. The smallest absolute Gasteiger partial charge is 0.324 e. The molecule has 1 saturated heterocycles. The van der Waals surface area contributed by atoms with Gasteiger partial charge in [0.15, 0.2) is 5.82 Å². The van der Waals surface area contributed by atoms with Crippen LogP contribution in [0.15, 0.2) is 77.0 Å². The summed E-state index contributed by atoms with van der Waals surface area (Å²) in [5.41, 5.74) is 5.91. The van der Waals surface area contributed by atoms with E-state index >= 15 is 0 Å². The highest BCUT2D eigenvalue weighted by atomic mass is 32.2. The summed E-state index contributed by atoms with van der Waals surface area (Å²) in [4.78, 5) is 32.4. The number of thioether (sulfide) groups is 1. The highest BCUT2D eigenvalue weighted by molar-refractivity contribution is 8.03. The lowest BCUT2D eigenvalue weighted by molar-refractivity contribution is 0.229. The minimum Gasteiger partial charge on any atom is -0.326 e. The van der Waals surface area contributed by atoms with Gasteiger partial charge in [-0.3, -0.25) is 14.8 Å². The summed E-state index contributed by atoms with van der Waals surface area (Å²) in [6, 6.07) is 16.8. The van der Waals surface area contributed by atoms with Crippen LogP contribution < -0.4 is 4.90 Å². The Morgan fingerprint density at radius 2 is 1.89 bits per heavy atom. The van der Waals surface area contributed by atoms with Crippen LogP contribution in [0.1, 0.15) is 16.7 Å². The Morgan fingerprint density at radius 1 is 1.08 bits per heavy atom. The maximum Gasteiger partial charge on any atom is 0.324 e. The largest absolute Gasteiger partial charge is 0.326 e. The molecule has 0 bridgehead atoms. The minimum absolute atomic E-state index is 0.0780. The molecule has 2 aliphatic heterocycles. The average Bonchev–Trinajstić information content (AvgIpc) is 3.25. The quantitative estimate of drug-likeness (QED) is 0.416. The number of aromatic nitrogens is 2. The molecule has 2 aliphatic rings. The number of hydrogen-bond acceptors (Lipinski definition) is 6. The molecule has 0 saturated carbocycles. The summed E-state index contributed by atoms with van der Waals surface area (Å²) in [7, 11) is 1.86. The number of rotatable bonds is 8. The van der Waals surface area contributed by atoms with Gasteiger partial charge in [0.2, 0.25) is 0 Å². The van der Waals surface area contributed by atoms with Crippen LogP contribution in [-0.4, -0.2) is 65.1 Å². The fourth-order valence-electron chi connectivity index (χ4n) is 4.60. The number of nitrogens with zero attached hydrogens (tertiary/aromatic N) is 6. The molecule has 2 aromatic carbocycles. The first kappa shape index (κ1) is 24.2. The number of hydrogen-bond donors (Lipinski definition) is 0. The van der Waals surface area contributed by atoms with E-state index in [0.717, 1.165) is 62.0 Å². The van der Waals surface area contributed by atoms with E-state index in [1.165, 1.54) is 21.6 Å². The van der Waals surface area contributed by atoms with Gasteiger partial charge in [-0.2, -0.15) is 0 Å². The zero-order valence-corrected chi connectivity index (χ0v) is 21.3. The fraction of sp³-hybridized carbons (Fsp3) is 0.286. The molecule has 0 spiro atoms.